The van der Waals surface area contributed by atoms with Gasteiger partial charge < -0.3 is 5.32 Å². The Hall–Kier alpha value is -2.61. The number of benzene rings is 2. The van der Waals surface area contributed by atoms with Crippen molar-refractivity contribution in [2.24, 2.45) is 0 Å². The molecule has 188 valence electrons. The van der Waals surface area contributed by atoms with Crippen LogP contribution in [-0.4, -0.2) is 40.3 Å². The van der Waals surface area contributed by atoms with Crippen LogP contribution < -0.4 is 5.32 Å². The molecule has 0 spiro atoms. The number of nitrogens with one attached hydrogen (secondary N) is 1. The fourth-order valence-electron chi connectivity index (χ4n) is 2.84. The van der Waals surface area contributed by atoms with Crippen LogP contribution in [0, 0.1) is 0 Å². The van der Waals surface area contributed by atoms with Crippen LogP contribution in [0.25, 0.3) is 0 Å². The molecule has 0 aliphatic carbocycles. The van der Waals surface area contributed by atoms with Crippen molar-refractivity contribution in [1.29, 1.82) is 0 Å². The number of amides is 1. The van der Waals surface area contributed by atoms with Crippen LogP contribution in [0.5, 0.6) is 0 Å². The third kappa shape index (κ3) is 5.90. The van der Waals surface area contributed by atoms with Crippen molar-refractivity contribution in [2.75, 3.05) is 12.8 Å². The van der Waals surface area contributed by atoms with E-state index in [9.17, 15) is 48.0 Å². The smallest absolute Gasteiger partial charge is 0.350 e. The monoisotopic (exact) mass is 531 g/mol. The maximum Gasteiger partial charge on any atom is 0.416 e. The minimum absolute atomic E-state index is 0.286. The molecular formula is C20H19F6NO5S2. The number of hydrogen-bond donors (Lipinski definition) is 1. The summed E-state index contributed by atoms with van der Waals surface area (Å²) < 4.78 is 126. The number of sulfone groups is 2. The molecule has 0 radical (unpaired) electrons. The highest BCUT2D eigenvalue weighted by atomic mass is 32.2. The van der Waals surface area contributed by atoms with Crippen molar-refractivity contribution in [2.45, 2.75) is 40.7 Å². The number of hydrogen-bond acceptors (Lipinski definition) is 5. The van der Waals surface area contributed by atoms with E-state index in [-0.39, 0.29) is 6.07 Å². The van der Waals surface area contributed by atoms with E-state index in [4.69, 9.17) is 0 Å². The summed E-state index contributed by atoms with van der Waals surface area (Å²) in [5.74, 6) is -1.18. The van der Waals surface area contributed by atoms with Gasteiger partial charge in [0.25, 0.3) is 5.91 Å². The highest BCUT2D eigenvalue weighted by Gasteiger charge is 2.39. The summed E-state index contributed by atoms with van der Waals surface area (Å²) in [6, 6.07) is 4.41. The van der Waals surface area contributed by atoms with E-state index in [0.717, 1.165) is 26.0 Å². The lowest BCUT2D eigenvalue weighted by Crippen LogP contribution is -2.44. The Balaban J connectivity index is 2.37. The SMILES string of the molecule is CC(C)(CNC(=O)c1ccc(C(F)(F)F)cc1S(C)(=O)=O)S(=O)(=O)c1cccc(C(F)(F)F)c1. The third-order valence-corrected chi connectivity index (χ3v) is 8.44. The van der Waals surface area contributed by atoms with Gasteiger partial charge in [-0.25, -0.2) is 16.8 Å². The molecule has 6 nitrogen and oxygen atoms in total. The molecule has 0 aliphatic heterocycles. The minimum atomic E-state index is -4.88. The second-order valence-electron chi connectivity index (χ2n) is 7.95. The fraction of sp³-hybridized carbons (Fsp3) is 0.350. The summed E-state index contributed by atoms with van der Waals surface area (Å²) >= 11 is 0. The van der Waals surface area contributed by atoms with Crippen molar-refractivity contribution >= 4 is 25.6 Å². The molecule has 0 saturated heterocycles. The maximum absolute atomic E-state index is 13.0. The zero-order valence-electron chi connectivity index (χ0n) is 17.9. The fourth-order valence-corrected chi connectivity index (χ4v) is 5.18. The molecule has 2 rings (SSSR count). The first kappa shape index (κ1) is 27.6. The van der Waals surface area contributed by atoms with Crippen LogP contribution in [-0.2, 0) is 32.0 Å². The first-order chi connectivity index (χ1) is 15.2. The predicted octanol–water partition coefficient (Wildman–Crippen LogP) is 4.11. The number of rotatable bonds is 6. The van der Waals surface area contributed by atoms with Crippen LogP contribution in [0.15, 0.2) is 52.3 Å². The zero-order valence-corrected chi connectivity index (χ0v) is 19.5. The Morgan fingerprint density at radius 1 is 0.853 bits per heavy atom. The van der Waals surface area contributed by atoms with Crippen LogP contribution in [0.2, 0.25) is 0 Å². The van der Waals surface area contributed by atoms with Gasteiger partial charge in [-0.1, -0.05) is 6.07 Å². The molecule has 0 atom stereocenters. The molecule has 2 aromatic rings. The summed E-state index contributed by atoms with van der Waals surface area (Å²) in [5.41, 5.74) is -3.16. The maximum atomic E-state index is 13.0. The molecule has 0 fully saturated rings. The van der Waals surface area contributed by atoms with E-state index < -0.39 is 75.7 Å². The molecule has 2 aromatic carbocycles. The van der Waals surface area contributed by atoms with Crippen molar-refractivity contribution in [1.82, 2.24) is 5.32 Å². The van der Waals surface area contributed by atoms with Gasteiger partial charge in [0.1, 0.15) is 0 Å². The lowest BCUT2D eigenvalue weighted by molar-refractivity contribution is -0.138. The van der Waals surface area contributed by atoms with Gasteiger partial charge in [-0.15, -0.1) is 0 Å². The Kier molecular flexibility index (Phi) is 7.21. The highest BCUT2D eigenvalue weighted by Crippen LogP contribution is 2.34. The third-order valence-electron chi connectivity index (χ3n) is 4.83. The number of halogens is 6. The van der Waals surface area contributed by atoms with Crippen molar-refractivity contribution in [3.05, 3.63) is 59.2 Å². The summed E-state index contributed by atoms with van der Waals surface area (Å²) in [5, 5.41) is 2.14. The number of alkyl halides is 6. The Morgan fingerprint density at radius 2 is 1.38 bits per heavy atom. The Labute approximate surface area is 191 Å². The van der Waals surface area contributed by atoms with Gasteiger partial charge >= 0.3 is 12.4 Å². The van der Waals surface area contributed by atoms with E-state index >= 15 is 0 Å². The van der Waals surface area contributed by atoms with E-state index in [1.807, 2.05) is 0 Å². The second-order valence-corrected chi connectivity index (χ2v) is 12.5. The van der Waals surface area contributed by atoms with E-state index in [1.165, 1.54) is 0 Å². The molecular weight excluding hydrogens is 512 g/mol. The van der Waals surface area contributed by atoms with Crippen molar-refractivity contribution < 1.29 is 48.0 Å². The molecule has 1 amide bonds. The van der Waals surface area contributed by atoms with E-state index in [0.29, 0.717) is 30.5 Å². The molecule has 14 heteroatoms. The van der Waals surface area contributed by atoms with Gasteiger partial charge in [-0.2, -0.15) is 26.3 Å². The molecule has 0 aromatic heterocycles. The van der Waals surface area contributed by atoms with Crippen LogP contribution in [0.4, 0.5) is 26.3 Å². The summed E-state index contributed by atoms with van der Waals surface area (Å²) in [7, 11) is -8.74. The van der Waals surface area contributed by atoms with E-state index in [1.54, 1.807) is 0 Å². The van der Waals surface area contributed by atoms with Crippen LogP contribution in [0.3, 0.4) is 0 Å². The van der Waals surface area contributed by atoms with Gasteiger partial charge in [-0.3, -0.25) is 4.79 Å². The molecule has 0 bridgehead atoms. The van der Waals surface area contributed by atoms with Crippen LogP contribution >= 0.6 is 0 Å². The lowest BCUT2D eigenvalue weighted by Gasteiger charge is -2.26. The largest absolute Gasteiger partial charge is 0.416 e. The van der Waals surface area contributed by atoms with Gasteiger partial charge in [0.2, 0.25) is 0 Å². The average molecular weight is 531 g/mol. The molecule has 1 N–H and O–H groups in total. The lowest BCUT2D eigenvalue weighted by atomic mass is 10.1. The van der Waals surface area contributed by atoms with Crippen LogP contribution in [0.1, 0.15) is 35.3 Å². The normalized spacial score (nSPS) is 13.6. The summed E-state index contributed by atoms with van der Waals surface area (Å²) in [6.07, 6.45) is -9.08. The molecule has 0 heterocycles. The molecule has 34 heavy (non-hydrogen) atoms. The number of carbonyl (C=O) groups excluding carboxylic acids is 1. The van der Waals surface area contributed by atoms with Gasteiger partial charge in [0, 0.05) is 12.8 Å². The minimum Gasteiger partial charge on any atom is -0.350 e. The first-order valence-electron chi connectivity index (χ1n) is 9.29. The summed E-state index contributed by atoms with van der Waals surface area (Å²) in [6.45, 7) is 1.55. The second kappa shape index (κ2) is 8.87. The molecule has 0 unspecified atom stereocenters. The van der Waals surface area contributed by atoms with Gasteiger partial charge in [-0.05, 0) is 50.2 Å². The van der Waals surface area contributed by atoms with E-state index in [2.05, 4.69) is 5.32 Å². The molecule has 0 saturated carbocycles. The Bertz CT molecular complexity index is 1310. The predicted molar refractivity (Wildman–Crippen MR) is 110 cm³/mol. The van der Waals surface area contributed by atoms with Gasteiger partial charge in [0.05, 0.1) is 31.2 Å². The van der Waals surface area contributed by atoms with Gasteiger partial charge in [0.15, 0.2) is 19.7 Å². The quantitative estimate of drug-likeness (QED) is 0.566. The Morgan fingerprint density at radius 3 is 1.88 bits per heavy atom. The summed E-state index contributed by atoms with van der Waals surface area (Å²) in [4.78, 5) is 11.0. The molecule has 0 aliphatic rings. The zero-order chi connectivity index (χ0) is 26.3. The first-order valence-corrected chi connectivity index (χ1v) is 12.7. The average Bonchev–Trinajstić information content (AvgIpc) is 2.69. The van der Waals surface area contributed by atoms with Crippen molar-refractivity contribution in [3.63, 3.8) is 0 Å². The standard InChI is InChI=1S/C20H19F6NO5S2/c1-18(2,34(31,32)14-6-4-5-12(9-14)19(21,22)23)11-27-17(28)15-8-7-13(20(24,25)26)10-16(15)33(3,29)30/h4-10H,11H2,1-3H3,(H,27,28). The highest BCUT2D eigenvalue weighted by molar-refractivity contribution is 7.92. The topological polar surface area (TPSA) is 97.4 Å². The number of carbonyl (C=O) groups is 1. The van der Waals surface area contributed by atoms with Crippen molar-refractivity contribution in [3.8, 4) is 0 Å².